The predicted molar refractivity (Wildman–Crippen MR) is 115 cm³/mol. The lowest BCUT2D eigenvalue weighted by molar-refractivity contribution is 0.0914. The lowest BCUT2D eigenvalue weighted by Gasteiger charge is -2.29. The summed E-state index contributed by atoms with van der Waals surface area (Å²) in [6, 6.07) is 5.70. The summed E-state index contributed by atoms with van der Waals surface area (Å²) in [4.78, 5) is 17.5. The zero-order chi connectivity index (χ0) is 22.2. The number of rotatable bonds is 7. The molecule has 1 N–H and O–H groups in total. The van der Waals surface area contributed by atoms with E-state index in [1.807, 2.05) is 13.8 Å². The van der Waals surface area contributed by atoms with Gasteiger partial charge in [0.25, 0.3) is 5.91 Å². The number of sulfonamides is 1. The average molecular weight is 447 g/mol. The van der Waals surface area contributed by atoms with Gasteiger partial charge in [0.1, 0.15) is 6.04 Å². The molecule has 2 fully saturated rings. The van der Waals surface area contributed by atoms with E-state index in [4.69, 9.17) is 4.52 Å². The molecule has 0 spiro atoms. The molecule has 1 saturated carbocycles. The number of benzene rings is 1. The first-order valence-corrected chi connectivity index (χ1v) is 12.4. The number of aromatic nitrogens is 2. The Kier molecular flexibility index (Phi) is 6.16. The van der Waals surface area contributed by atoms with Gasteiger partial charge >= 0.3 is 0 Å². The molecule has 0 radical (unpaired) electrons. The van der Waals surface area contributed by atoms with E-state index in [1.54, 1.807) is 12.1 Å². The average Bonchev–Trinajstić information content (AvgIpc) is 3.49. The van der Waals surface area contributed by atoms with Crippen molar-refractivity contribution in [3.05, 3.63) is 41.5 Å². The minimum Gasteiger partial charge on any atom is -0.340 e. The quantitative estimate of drug-likeness (QED) is 0.698. The highest BCUT2D eigenvalue weighted by Gasteiger charge is 2.32. The van der Waals surface area contributed by atoms with E-state index in [0.29, 0.717) is 42.2 Å². The van der Waals surface area contributed by atoms with Gasteiger partial charge in [-0.2, -0.15) is 9.29 Å². The topological polar surface area (TPSA) is 105 Å². The van der Waals surface area contributed by atoms with Crippen LogP contribution in [0.3, 0.4) is 0 Å². The Bertz CT molecular complexity index is 1020. The highest BCUT2D eigenvalue weighted by Crippen LogP contribution is 2.38. The summed E-state index contributed by atoms with van der Waals surface area (Å²) in [5.74, 6) is 1.78. The van der Waals surface area contributed by atoms with Gasteiger partial charge < -0.3 is 9.84 Å². The molecule has 168 valence electrons. The molecule has 1 atom stereocenters. The SMILES string of the molecule is CC1CCN(S(=O)(=O)c2ccc(C(=O)NC(c3nc(C4CC4)no3)C(C)C)cc2)CC1. The normalized spacial score (nSPS) is 19.5. The fourth-order valence-electron chi connectivity index (χ4n) is 3.77. The van der Waals surface area contributed by atoms with Gasteiger partial charge in [-0.1, -0.05) is 25.9 Å². The maximum absolute atomic E-state index is 12.9. The second kappa shape index (κ2) is 8.70. The van der Waals surface area contributed by atoms with E-state index in [1.165, 1.54) is 16.4 Å². The zero-order valence-electron chi connectivity index (χ0n) is 18.2. The van der Waals surface area contributed by atoms with Crippen molar-refractivity contribution in [1.82, 2.24) is 19.8 Å². The van der Waals surface area contributed by atoms with Crippen molar-refractivity contribution in [2.24, 2.45) is 11.8 Å². The zero-order valence-corrected chi connectivity index (χ0v) is 19.1. The van der Waals surface area contributed by atoms with Crippen LogP contribution in [0.15, 0.2) is 33.7 Å². The van der Waals surface area contributed by atoms with Crippen molar-refractivity contribution < 1.29 is 17.7 Å². The maximum atomic E-state index is 12.9. The minimum atomic E-state index is -3.54. The Hall–Kier alpha value is -2.26. The van der Waals surface area contributed by atoms with Crippen LogP contribution in [-0.4, -0.2) is 41.9 Å². The van der Waals surface area contributed by atoms with Gasteiger partial charge in [0.05, 0.1) is 4.90 Å². The first kappa shape index (κ1) is 22.0. The third kappa shape index (κ3) is 4.82. The molecule has 1 aliphatic heterocycles. The van der Waals surface area contributed by atoms with Crippen molar-refractivity contribution in [3.8, 4) is 0 Å². The van der Waals surface area contributed by atoms with Crippen molar-refractivity contribution in [2.75, 3.05) is 13.1 Å². The molecule has 0 bridgehead atoms. The molecule has 4 rings (SSSR count). The van der Waals surface area contributed by atoms with Gasteiger partial charge in [0, 0.05) is 24.6 Å². The van der Waals surface area contributed by atoms with Gasteiger partial charge in [0.15, 0.2) is 5.82 Å². The number of piperidine rings is 1. The van der Waals surface area contributed by atoms with Gasteiger partial charge in [0.2, 0.25) is 15.9 Å². The molecule has 1 amide bonds. The smallest absolute Gasteiger partial charge is 0.251 e. The van der Waals surface area contributed by atoms with Crippen LogP contribution < -0.4 is 5.32 Å². The molecule has 31 heavy (non-hydrogen) atoms. The molecular weight excluding hydrogens is 416 g/mol. The summed E-state index contributed by atoms with van der Waals surface area (Å²) < 4.78 is 32.7. The van der Waals surface area contributed by atoms with Crippen LogP contribution in [0.25, 0.3) is 0 Å². The highest BCUT2D eigenvalue weighted by molar-refractivity contribution is 7.89. The number of hydrogen-bond donors (Lipinski definition) is 1. The van der Waals surface area contributed by atoms with Crippen molar-refractivity contribution in [1.29, 1.82) is 0 Å². The van der Waals surface area contributed by atoms with E-state index in [0.717, 1.165) is 25.7 Å². The number of carbonyl (C=O) groups excluding carboxylic acids is 1. The number of hydrogen-bond acceptors (Lipinski definition) is 6. The molecule has 8 nitrogen and oxygen atoms in total. The van der Waals surface area contributed by atoms with Crippen molar-refractivity contribution in [3.63, 3.8) is 0 Å². The molecular formula is C22H30N4O4S. The maximum Gasteiger partial charge on any atom is 0.251 e. The molecule has 1 aromatic heterocycles. The second-order valence-corrected chi connectivity index (χ2v) is 11.0. The molecule has 2 heterocycles. The van der Waals surface area contributed by atoms with Crippen LogP contribution in [0.4, 0.5) is 0 Å². The molecule has 2 aliphatic rings. The second-order valence-electron chi connectivity index (χ2n) is 9.07. The van der Waals surface area contributed by atoms with E-state index in [9.17, 15) is 13.2 Å². The predicted octanol–water partition coefficient (Wildman–Crippen LogP) is 3.49. The van der Waals surface area contributed by atoms with Crippen LogP contribution in [0, 0.1) is 11.8 Å². The van der Waals surface area contributed by atoms with Gasteiger partial charge in [-0.15, -0.1) is 0 Å². The van der Waals surface area contributed by atoms with Crippen LogP contribution in [0.1, 0.15) is 80.5 Å². The Balaban J connectivity index is 1.45. The lowest BCUT2D eigenvalue weighted by Crippen LogP contribution is -2.37. The Morgan fingerprint density at radius 1 is 1.13 bits per heavy atom. The number of carbonyl (C=O) groups is 1. The summed E-state index contributed by atoms with van der Waals surface area (Å²) in [5, 5.41) is 6.99. The van der Waals surface area contributed by atoms with Crippen LogP contribution in [0.2, 0.25) is 0 Å². The number of nitrogens with one attached hydrogen (secondary N) is 1. The van der Waals surface area contributed by atoms with E-state index in [2.05, 4.69) is 22.4 Å². The minimum absolute atomic E-state index is 0.0533. The summed E-state index contributed by atoms with van der Waals surface area (Å²) >= 11 is 0. The molecule has 2 aromatic rings. The fraction of sp³-hybridized carbons (Fsp3) is 0.591. The summed E-state index contributed by atoms with van der Waals surface area (Å²) in [6.07, 6.45) is 3.88. The number of amides is 1. The molecule has 1 unspecified atom stereocenters. The van der Waals surface area contributed by atoms with Crippen molar-refractivity contribution >= 4 is 15.9 Å². The first-order chi connectivity index (χ1) is 14.8. The fourth-order valence-corrected chi connectivity index (χ4v) is 5.24. The molecule has 1 aliphatic carbocycles. The highest BCUT2D eigenvalue weighted by atomic mass is 32.2. The standard InChI is InChI=1S/C22H30N4O4S/c1-14(2)19(22-24-20(25-30-22)16-4-5-16)23-21(27)17-6-8-18(9-7-17)31(28,29)26-12-10-15(3)11-13-26/h6-9,14-16,19H,4-5,10-13H2,1-3H3,(H,23,27). The first-order valence-electron chi connectivity index (χ1n) is 11.0. The van der Waals surface area contributed by atoms with Crippen molar-refractivity contribution in [2.45, 2.75) is 63.3 Å². The Morgan fingerprint density at radius 2 is 1.77 bits per heavy atom. The van der Waals surface area contributed by atoms with E-state index < -0.39 is 16.1 Å². The summed E-state index contributed by atoms with van der Waals surface area (Å²) in [6.45, 7) is 7.16. The summed E-state index contributed by atoms with van der Waals surface area (Å²) in [7, 11) is -3.54. The molecule has 1 saturated heterocycles. The van der Waals surface area contributed by atoms with E-state index in [-0.39, 0.29) is 16.7 Å². The number of nitrogens with zero attached hydrogens (tertiary/aromatic N) is 3. The van der Waals surface area contributed by atoms with Gasteiger partial charge in [-0.25, -0.2) is 8.42 Å². The third-order valence-corrected chi connectivity index (χ3v) is 8.03. The lowest BCUT2D eigenvalue weighted by atomic mass is 10.0. The Labute approximate surface area is 183 Å². The summed E-state index contributed by atoms with van der Waals surface area (Å²) in [5.41, 5.74) is 0.388. The Morgan fingerprint density at radius 3 is 2.35 bits per heavy atom. The van der Waals surface area contributed by atoms with Gasteiger partial charge in [-0.3, -0.25) is 4.79 Å². The van der Waals surface area contributed by atoms with Crippen LogP contribution in [-0.2, 0) is 10.0 Å². The van der Waals surface area contributed by atoms with Crippen LogP contribution in [0.5, 0.6) is 0 Å². The molecule has 9 heteroatoms. The monoisotopic (exact) mass is 446 g/mol. The van der Waals surface area contributed by atoms with Gasteiger partial charge in [-0.05, 0) is 61.8 Å². The van der Waals surface area contributed by atoms with Crippen LogP contribution >= 0.6 is 0 Å². The molecule has 1 aromatic carbocycles. The largest absolute Gasteiger partial charge is 0.340 e. The third-order valence-electron chi connectivity index (χ3n) is 6.12. The van der Waals surface area contributed by atoms with E-state index >= 15 is 0 Å².